The van der Waals surface area contributed by atoms with Gasteiger partial charge < -0.3 is 10.5 Å². The van der Waals surface area contributed by atoms with Crippen LogP contribution in [0.3, 0.4) is 0 Å². The highest BCUT2D eigenvalue weighted by Crippen LogP contribution is 2.40. The van der Waals surface area contributed by atoms with Gasteiger partial charge in [-0.1, -0.05) is 48.5 Å². The average molecular weight is 553 g/mol. The van der Waals surface area contributed by atoms with Crippen LogP contribution in [0.15, 0.2) is 67.3 Å². The van der Waals surface area contributed by atoms with E-state index in [1.165, 1.54) is 15.1 Å². The minimum atomic E-state index is -3.79. The number of rotatable bonds is 6. The number of anilines is 1. The van der Waals surface area contributed by atoms with Crippen LogP contribution in [-0.4, -0.2) is 47.7 Å². The Morgan fingerprint density at radius 3 is 2.51 bits per heavy atom. The maximum absolute atomic E-state index is 15.7. The molecule has 2 fully saturated rings. The van der Waals surface area contributed by atoms with Gasteiger partial charge in [-0.3, -0.25) is 4.79 Å². The number of carbonyl (C=O) groups is 1. The fraction of sp³-hybridized carbons (Fsp3) is 0.379. The Kier molecular flexibility index (Phi) is 7.45. The van der Waals surface area contributed by atoms with Gasteiger partial charge in [-0.2, -0.15) is 14.1 Å². The van der Waals surface area contributed by atoms with E-state index in [2.05, 4.69) is 11.7 Å². The molecule has 0 unspecified atom stereocenters. The number of benzene rings is 2. The summed E-state index contributed by atoms with van der Waals surface area (Å²) in [5, 5.41) is 3.56. The number of ether oxygens (including phenoxy) is 1. The molecule has 1 aromatic heterocycles. The van der Waals surface area contributed by atoms with Crippen molar-refractivity contribution in [2.45, 2.75) is 55.9 Å². The number of hydrogen-bond donors (Lipinski definition) is 1. The van der Waals surface area contributed by atoms with E-state index in [0.29, 0.717) is 55.7 Å². The first-order valence-corrected chi connectivity index (χ1v) is 14.6. The average Bonchev–Trinajstić information content (AvgIpc) is 3.28. The SMILES string of the molecule is C=C[C@H]1CC[C@H](c2ccccc2)S(=O)(=O)N1Cc1ccc(C2(C(=O)n3nc(C)cc3N)CCOCC2)cc1F. The molecule has 2 aromatic carbocycles. The van der Waals surface area contributed by atoms with Crippen LogP contribution in [-0.2, 0) is 26.7 Å². The lowest BCUT2D eigenvalue weighted by molar-refractivity contribution is 0.0356. The molecule has 0 amide bonds. The molecule has 8 nitrogen and oxygen atoms in total. The highest BCUT2D eigenvalue weighted by Gasteiger charge is 2.45. The minimum absolute atomic E-state index is 0.135. The van der Waals surface area contributed by atoms with Gasteiger partial charge in [0.25, 0.3) is 5.91 Å². The molecule has 10 heteroatoms. The van der Waals surface area contributed by atoms with E-state index < -0.39 is 32.5 Å². The zero-order valence-electron chi connectivity index (χ0n) is 21.9. The standard InChI is InChI=1S/C29H33FN4O4S/c1-3-24-11-12-26(21-7-5-4-6-8-21)39(36,37)33(24)19-22-9-10-23(18-25(22)30)29(13-15-38-16-14-29)28(35)34-27(31)17-20(2)32-34/h3-10,17-18,24,26H,1,11-16,19,31H2,2H3/t24-,26+/m0/s1. The predicted octanol–water partition coefficient (Wildman–Crippen LogP) is 4.52. The van der Waals surface area contributed by atoms with Gasteiger partial charge in [-0.05, 0) is 49.8 Å². The highest BCUT2D eigenvalue weighted by atomic mass is 32.2. The summed E-state index contributed by atoms with van der Waals surface area (Å²) in [5.74, 6) is -0.686. The molecule has 0 radical (unpaired) electrons. The van der Waals surface area contributed by atoms with Crippen LogP contribution in [0.4, 0.5) is 10.2 Å². The second kappa shape index (κ2) is 10.7. The van der Waals surface area contributed by atoms with Gasteiger partial charge >= 0.3 is 0 Å². The van der Waals surface area contributed by atoms with Crippen molar-refractivity contribution in [3.8, 4) is 0 Å². The van der Waals surface area contributed by atoms with Crippen molar-refractivity contribution >= 4 is 21.7 Å². The summed E-state index contributed by atoms with van der Waals surface area (Å²) in [6.45, 7) is 6.12. The molecule has 39 heavy (non-hydrogen) atoms. The van der Waals surface area contributed by atoms with E-state index >= 15 is 4.39 Å². The lowest BCUT2D eigenvalue weighted by Gasteiger charge is -2.38. The van der Waals surface area contributed by atoms with Crippen LogP contribution in [0.2, 0.25) is 0 Å². The summed E-state index contributed by atoms with van der Waals surface area (Å²) in [6, 6.07) is 14.9. The normalized spacial score (nSPS) is 22.8. The minimum Gasteiger partial charge on any atom is -0.383 e. The summed E-state index contributed by atoms with van der Waals surface area (Å²) in [4.78, 5) is 13.8. The molecule has 2 aliphatic rings. The fourth-order valence-electron chi connectivity index (χ4n) is 5.79. The molecule has 3 heterocycles. The second-order valence-corrected chi connectivity index (χ2v) is 12.4. The largest absolute Gasteiger partial charge is 0.383 e. The third-order valence-electron chi connectivity index (χ3n) is 7.96. The highest BCUT2D eigenvalue weighted by molar-refractivity contribution is 7.89. The maximum Gasteiger partial charge on any atom is 0.259 e. The van der Waals surface area contributed by atoms with Crippen LogP contribution in [0.25, 0.3) is 0 Å². The zero-order chi connectivity index (χ0) is 27.8. The fourth-order valence-corrected chi connectivity index (χ4v) is 7.94. The lowest BCUT2D eigenvalue weighted by atomic mass is 9.73. The number of hydrogen-bond acceptors (Lipinski definition) is 6. The van der Waals surface area contributed by atoms with E-state index in [9.17, 15) is 13.2 Å². The number of aryl methyl sites for hydroxylation is 1. The third kappa shape index (κ3) is 4.92. The molecule has 0 spiro atoms. The zero-order valence-corrected chi connectivity index (χ0v) is 22.7. The van der Waals surface area contributed by atoms with E-state index in [4.69, 9.17) is 10.5 Å². The number of nitrogens with two attached hydrogens (primary N) is 1. The van der Waals surface area contributed by atoms with E-state index in [1.807, 2.05) is 30.3 Å². The molecule has 5 rings (SSSR count). The van der Waals surface area contributed by atoms with E-state index in [1.54, 1.807) is 31.2 Å². The number of halogens is 1. The van der Waals surface area contributed by atoms with Crippen molar-refractivity contribution in [2.24, 2.45) is 0 Å². The predicted molar refractivity (Wildman–Crippen MR) is 147 cm³/mol. The lowest BCUT2D eigenvalue weighted by Crippen LogP contribution is -2.46. The van der Waals surface area contributed by atoms with Crippen LogP contribution >= 0.6 is 0 Å². The van der Waals surface area contributed by atoms with Gasteiger partial charge in [0.05, 0.1) is 11.1 Å². The van der Waals surface area contributed by atoms with Crippen molar-refractivity contribution in [1.29, 1.82) is 0 Å². The Morgan fingerprint density at radius 2 is 1.90 bits per heavy atom. The van der Waals surface area contributed by atoms with E-state index in [-0.39, 0.29) is 23.8 Å². The summed E-state index contributed by atoms with van der Waals surface area (Å²) >= 11 is 0. The smallest absolute Gasteiger partial charge is 0.259 e. The molecule has 2 atom stereocenters. The molecule has 2 aliphatic heterocycles. The van der Waals surface area contributed by atoms with Crippen molar-refractivity contribution < 1.29 is 22.3 Å². The van der Waals surface area contributed by atoms with Crippen LogP contribution in [0.1, 0.15) is 58.1 Å². The number of nitrogens with zero attached hydrogens (tertiary/aromatic N) is 3. The summed E-state index contributed by atoms with van der Waals surface area (Å²) in [5.41, 5.74) is 7.04. The first-order chi connectivity index (χ1) is 18.7. The van der Waals surface area contributed by atoms with Gasteiger partial charge in [0.15, 0.2) is 0 Å². The van der Waals surface area contributed by atoms with Gasteiger partial charge in [-0.15, -0.1) is 6.58 Å². The Morgan fingerprint density at radius 1 is 1.18 bits per heavy atom. The first-order valence-electron chi connectivity index (χ1n) is 13.1. The molecular weight excluding hydrogens is 519 g/mol. The van der Waals surface area contributed by atoms with Gasteiger partial charge in [0, 0.05) is 37.4 Å². The van der Waals surface area contributed by atoms with Crippen LogP contribution in [0, 0.1) is 12.7 Å². The molecule has 0 saturated carbocycles. The first kappa shape index (κ1) is 27.2. The molecule has 3 aromatic rings. The quantitative estimate of drug-likeness (QED) is 0.451. The molecule has 206 valence electrons. The van der Waals surface area contributed by atoms with Crippen molar-refractivity contribution in [2.75, 3.05) is 18.9 Å². The second-order valence-electron chi connectivity index (χ2n) is 10.3. The van der Waals surface area contributed by atoms with Crippen molar-refractivity contribution in [3.05, 3.63) is 95.5 Å². The molecule has 2 saturated heterocycles. The topological polar surface area (TPSA) is 108 Å². The van der Waals surface area contributed by atoms with Crippen LogP contribution < -0.4 is 5.73 Å². The van der Waals surface area contributed by atoms with Crippen molar-refractivity contribution in [3.63, 3.8) is 0 Å². The Labute approximate surface area is 228 Å². The molecule has 0 bridgehead atoms. The Balaban J connectivity index is 1.48. The van der Waals surface area contributed by atoms with Gasteiger partial charge in [0.1, 0.15) is 16.9 Å². The number of aromatic nitrogens is 2. The number of sulfonamides is 1. The summed E-state index contributed by atoms with van der Waals surface area (Å²) < 4.78 is 51.2. The number of carbonyl (C=O) groups excluding carboxylic acids is 1. The monoisotopic (exact) mass is 552 g/mol. The van der Waals surface area contributed by atoms with E-state index in [0.717, 1.165) is 0 Å². The third-order valence-corrected chi connectivity index (χ3v) is 10.2. The number of nitrogen functional groups attached to an aromatic ring is 1. The molecule has 0 aliphatic carbocycles. The van der Waals surface area contributed by atoms with Gasteiger partial charge in [-0.25, -0.2) is 12.8 Å². The van der Waals surface area contributed by atoms with Gasteiger partial charge in [0.2, 0.25) is 10.0 Å². The molecule has 2 N–H and O–H groups in total. The Hall–Kier alpha value is -3.34. The maximum atomic E-state index is 15.7. The van der Waals surface area contributed by atoms with Crippen molar-refractivity contribution in [1.82, 2.24) is 14.1 Å². The Bertz CT molecular complexity index is 1480. The summed E-state index contributed by atoms with van der Waals surface area (Å²) in [7, 11) is -3.79. The molecular formula is C29H33FN4O4S. The summed E-state index contributed by atoms with van der Waals surface area (Å²) in [6.07, 6.45) is 3.35. The van der Waals surface area contributed by atoms with Crippen LogP contribution in [0.5, 0.6) is 0 Å².